The van der Waals surface area contributed by atoms with Gasteiger partial charge in [0, 0.05) is 19.2 Å². The lowest BCUT2D eigenvalue weighted by molar-refractivity contribution is -0.132. The summed E-state index contributed by atoms with van der Waals surface area (Å²) in [5.74, 6) is -0.693. The number of nitrogens with one attached hydrogen (secondary N) is 1. The molecule has 25 heavy (non-hydrogen) atoms. The number of anilines is 1. The van der Waals surface area contributed by atoms with Crippen molar-refractivity contribution < 1.29 is 14.0 Å². The van der Waals surface area contributed by atoms with E-state index in [1.807, 2.05) is 32.0 Å². The van der Waals surface area contributed by atoms with E-state index in [1.54, 1.807) is 12.1 Å². The molecule has 0 fully saturated rings. The number of amides is 2. The summed E-state index contributed by atoms with van der Waals surface area (Å²) in [6, 6.07) is 12.0. The minimum absolute atomic E-state index is 0.0100. The number of benzene rings is 2. The van der Waals surface area contributed by atoms with Crippen LogP contribution in [0, 0.1) is 19.7 Å². The smallest absolute Gasteiger partial charge is 0.244 e. The molecule has 0 aliphatic heterocycles. The highest BCUT2D eigenvalue weighted by molar-refractivity contribution is 5.94. The van der Waals surface area contributed by atoms with Gasteiger partial charge >= 0.3 is 0 Å². The molecule has 2 rings (SSSR count). The normalized spacial score (nSPS) is 10.4. The van der Waals surface area contributed by atoms with Crippen molar-refractivity contribution in [3.8, 4) is 0 Å². The number of halogens is 1. The highest BCUT2D eigenvalue weighted by Gasteiger charge is 2.14. The number of nitrogens with zero attached hydrogens (tertiary/aromatic N) is 1. The Morgan fingerprint density at radius 2 is 1.76 bits per heavy atom. The van der Waals surface area contributed by atoms with Crippen LogP contribution in [-0.4, -0.2) is 29.8 Å². The minimum atomic E-state index is -0.292. The van der Waals surface area contributed by atoms with Crippen LogP contribution in [0.3, 0.4) is 0 Å². The molecule has 1 N–H and O–H groups in total. The van der Waals surface area contributed by atoms with Gasteiger partial charge in [-0.1, -0.05) is 24.3 Å². The molecule has 0 bridgehead atoms. The molecule has 2 aromatic rings. The first kappa shape index (κ1) is 18.6. The van der Waals surface area contributed by atoms with E-state index in [9.17, 15) is 14.0 Å². The van der Waals surface area contributed by atoms with Crippen molar-refractivity contribution in [1.82, 2.24) is 4.90 Å². The van der Waals surface area contributed by atoms with Crippen LogP contribution >= 0.6 is 0 Å². The molecule has 0 aliphatic carbocycles. The molecule has 0 saturated heterocycles. The fourth-order valence-corrected chi connectivity index (χ4v) is 2.50. The number of carbonyl (C=O) groups excluding carboxylic acids is 2. The molecule has 0 unspecified atom stereocenters. The molecule has 0 spiro atoms. The number of rotatable bonds is 6. The van der Waals surface area contributed by atoms with Crippen LogP contribution in [0.25, 0.3) is 0 Å². The maximum Gasteiger partial charge on any atom is 0.244 e. The summed E-state index contributed by atoms with van der Waals surface area (Å²) in [6.45, 7) is 5.72. The summed E-state index contributed by atoms with van der Waals surface area (Å²) in [7, 11) is 0. The third-order valence-electron chi connectivity index (χ3n) is 4.03. The van der Waals surface area contributed by atoms with E-state index in [2.05, 4.69) is 5.32 Å². The molecule has 0 atom stereocenters. The zero-order valence-corrected chi connectivity index (χ0v) is 14.8. The Kier molecular flexibility index (Phi) is 6.28. The van der Waals surface area contributed by atoms with Crippen LogP contribution < -0.4 is 5.32 Å². The molecule has 5 heteroatoms. The van der Waals surface area contributed by atoms with Gasteiger partial charge in [-0.25, -0.2) is 4.39 Å². The Morgan fingerprint density at radius 3 is 2.40 bits per heavy atom. The van der Waals surface area contributed by atoms with Crippen LogP contribution in [0.15, 0.2) is 42.5 Å². The van der Waals surface area contributed by atoms with E-state index in [-0.39, 0.29) is 24.2 Å². The van der Waals surface area contributed by atoms with Gasteiger partial charge in [-0.3, -0.25) is 9.59 Å². The molecule has 0 aliphatic rings. The molecule has 0 radical (unpaired) electrons. The number of hydrogen-bond donors (Lipinski definition) is 1. The first-order valence-electron chi connectivity index (χ1n) is 8.22. The fraction of sp³-hybridized carbons (Fsp3) is 0.300. The Bertz CT molecular complexity index is 757. The molecular formula is C20H23FN2O2. The summed E-state index contributed by atoms with van der Waals surface area (Å²) in [4.78, 5) is 25.6. The Labute approximate surface area is 147 Å². The van der Waals surface area contributed by atoms with Crippen LogP contribution in [0.1, 0.15) is 23.6 Å². The first-order chi connectivity index (χ1) is 11.8. The number of carbonyl (C=O) groups is 2. The first-order valence-corrected chi connectivity index (χ1v) is 8.22. The van der Waals surface area contributed by atoms with Crippen molar-refractivity contribution in [1.29, 1.82) is 0 Å². The van der Waals surface area contributed by atoms with Crippen molar-refractivity contribution in [3.05, 3.63) is 65.0 Å². The van der Waals surface area contributed by atoms with Gasteiger partial charge < -0.3 is 10.2 Å². The molecule has 0 saturated carbocycles. The topological polar surface area (TPSA) is 49.4 Å². The Balaban J connectivity index is 1.95. The predicted octanol–water partition coefficient (Wildman–Crippen LogP) is 3.47. The second kappa shape index (κ2) is 8.42. The molecule has 0 heterocycles. The van der Waals surface area contributed by atoms with Crippen molar-refractivity contribution in [2.75, 3.05) is 18.4 Å². The second-order valence-corrected chi connectivity index (χ2v) is 6.18. The lowest BCUT2D eigenvalue weighted by Gasteiger charge is -2.21. The maximum atomic E-state index is 12.9. The SMILES string of the molecule is CC(=O)N(CCc1ccc(F)cc1)CC(=O)Nc1cc(C)ccc1C. The molecule has 2 aromatic carbocycles. The zero-order valence-electron chi connectivity index (χ0n) is 14.8. The highest BCUT2D eigenvalue weighted by atomic mass is 19.1. The lowest BCUT2D eigenvalue weighted by Crippen LogP contribution is -2.38. The van der Waals surface area contributed by atoms with Crippen LogP contribution in [-0.2, 0) is 16.0 Å². The van der Waals surface area contributed by atoms with Gasteiger partial charge in [0.1, 0.15) is 5.82 Å². The van der Waals surface area contributed by atoms with Gasteiger partial charge in [0.25, 0.3) is 0 Å². The van der Waals surface area contributed by atoms with E-state index in [1.165, 1.54) is 24.0 Å². The molecule has 132 valence electrons. The van der Waals surface area contributed by atoms with E-state index in [0.29, 0.717) is 13.0 Å². The monoisotopic (exact) mass is 342 g/mol. The second-order valence-electron chi connectivity index (χ2n) is 6.18. The van der Waals surface area contributed by atoms with E-state index < -0.39 is 0 Å². The van der Waals surface area contributed by atoms with Crippen molar-refractivity contribution in [2.45, 2.75) is 27.2 Å². The van der Waals surface area contributed by atoms with E-state index in [0.717, 1.165) is 22.4 Å². The molecule has 0 aromatic heterocycles. The zero-order chi connectivity index (χ0) is 18.4. The minimum Gasteiger partial charge on any atom is -0.333 e. The number of aryl methyl sites for hydroxylation is 2. The molecule has 2 amide bonds. The predicted molar refractivity (Wildman–Crippen MR) is 96.9 cm³/mol. The van der Waals surface area contributed by atoms with Crippen LogP contribution in [0.4, 0.5) is 10.1 Å². The Morgan fingerprint density at radius 1 is 1.08 bits per heavy atom. The average molecular weight is 342 g/mol. The summed E-state index contributed by atoms with van der Waals surface area (Å²) < 4.78 is 12.9. The van der Waals surface area contributed by atoms with Gasteiger partial charge in [0.15, 0.2) is 0 Å². The summed E-state index contributed by atoms with van der Waals surface area (Å²) in [6.07, 6.45) is 0.566. The van der Waals surface area contributed by atoms with Crippen LogP contribution in [0.5, 0.6) is 0 Å². The fourth-order valence-electron chi connectivity index (χ4n) is 2.50. The standard InChI is InChI=1S/C20H23FN2O2/c1-14-4-5-15(2)19(12-14)22-20(25)13-23(16(3)24)11-10-17-6-8-18(21)9-7-17/h4-9,12H,10-11,13H2,1-3H3,(H,22,25). The number of hydrogen-bond acceptors (Lipinski definition) is 2. The van der Waals surface area contributed by atoms with Crippen molar-refractivity contribution >= 4 is 17.5 Å². The van der Waals surface area contributed by atoms with Gasteiger partial charge in [0.05, 0.1) is 6.54 Å². The molecule has 4 nitrogen and oxygen atoms in total. The summed E-state index contributed by atoms with van der Waals surface area (Å²) >= 11 is 0. The quantitative estimate of drug-likeness (QED) is 0.874. The lowest BCUT2D eigenvalue weighted by atomic mass is 10.1. The third-order valence-corrected chi connectivity index (χ3v) is 4.03. The van der Waals surface area contributed by atoms with E-state index >= 15 is 0 Å². The van der Waals surface area contributed by atoms with Gasteiger partial charge in [0.2, 0.25) is 11.8 Å². The maximum absolute atomic E-state index is 12.9. The summed E-state index contributed by atoms with van der Waals surface area (Å²) in [5, 5.41) is 2.86. The van der Waals surface area contributed by atoms with Crippen LogP contribution in [0.2, 0.25) is 0 Å². The molecular weight excluding hydrogens is 319 g/mol. The average Bonchev–Trinajstić information content (AvgIpc) is 2.56. The van der Waals surface area contributed by atoms with Crippen molar-refractivity contribution in [2.24, 2.45) is 0 Å². The van der Waals surface area contributed by atoms with Gasteiger partial charge in [-0.15, -0.1) is 0 Å². The summed E-state index contributed by atoms with van der Waals surface area (Å²) in [5.41, 5.74) is 3.70. The van der Waals surface area contributed by atoms with E-state index in [4.69, 9.17) is 0 Å². The third kappa shape index (κ3) is 5.71. The van der Waals surface area contributed by atoms with Gasteiger partial charge in [-0.2, -0.15) is 0 Å². The largest absolute Gasteiger partial charge is 0.333 e. The Hall–Kier alpha value is -2.69. The highest BCUT2D eigenvalue weighted by Crippen LogP contribution is 2.16. The van der Waals surface area contributed by atoms with Gasteiger partial charge in [-0.05, 0) is 55.2 Å². The van der Waals surface area contributed by atoms with Crippen molar-refractivity contribution in [3.63, 3.8) is 0 Å².